The molecule has 0 atom stereocenters. The van der Waals surface area contributed by atoms with Crippen molar-refractivity contribution in [3.05, 3.63) is 60.0 Å². The molecule has 0 aliphatic rings. The van der Waals surface area contributed by atoms with Gasteiger partial charge in [-0.25, -0.2) is 0 Å². The molecule has 0 unspecified atom stereocenters. The molecule has 9 heteroatoms. The van der Waals surface area contributed by atoms with Gasteiger partial charge in [-0.2, -0.15) is 8.78 Å². The molecular formula is C17H18F2N6O. The van der Waals surface area contributed by atoms with Gasteiger partial charge in [0.1, 0.15) is 5.75 Å². The van der Waals surface area contributed by atoms with Gasteiger partial charge in [0.05, 0.1) is 6.54 Å². The number of nitrogens with zero attached hydrogens (tertiary/aromatic N) is 4. The van der Waals surface area contributed by atoms with E-state index in [2.05, 4.69) is 30.6 Å². The van der Waals surface area contributed by atoms with Crippen LogP contribution in [0.2, 0.25) is 0 Å². The molecule has 0 saturated carbocycles. The summed E-state index contributed by atoms with van der Waals surface area (Å²) in [4.78, 5) is 4.14. The third-order valence-electron chi connectivity index (χ3n) is 3.61. The minimum absolute atomic E-state index is 0.122. The Morgan fingerprint density at radius 1 is 1.15 bits per heavy atom. The molecule has 3 rings (SSSR count). The fourth-order valence-electron chi connectivity index (χ4n) is 2.41. The fraction of sp³-hybridized carbons (Fsp3) is 0.235. The minimum atomic E-state index is -2.84. The SMILES string of the molecule is CN=C(NCc1cccc(OC(F)F)c1)NCc1nnc2ccccn12. The first-order valence-corrected chi connectivity index (χ1v) is 7.92. The molecule has 2 heterocycles. The van der Waals surface area contributed by atoms with E-state index >= 15 is 0 Å². The average Bonchev–Trinajstić information content (AvgIpc) is 3.05. The number of nitrogens with one attached hydrogen (secondary N) is 2. The Labute approximate surface area is 148 Å². The van der Waals surface area contributed by atoms with Crippen LogP contribution in [0.5, 0.6) is 5.75 Å². The van der Waals surface area contributed by atoms with E-state index < -0.39 is 6.61 Å². The predicted molar refractivity (Wildman–Crippen MR) is 93.1 cm³/mol. The highest BCUT2D eigenvalue weighted by Crippen LogP contribution is 2.15. The number of guanidine groups is 1. The number of benzene rings is 1. The zero-order chi connectivity index (χ0) is 18.4. The molecule has 0 radical (unpaired) electrons. The number of fused-ring (bicyclic) bond motifs is 1. The summed E-state index contributed by atoms with van der Waals surface area (Å²) < 4.78 is 30.9. The van der Waals surface area contributed by atoms with Crippen molar-refractivity contribution in [3.8, 4) is 5.75 Å². The van der Waals surface area contributed by atoms with Crippen LogP contribution in [0, 0.1) is 0 Å². The lowest BCUT2D eigenvalue weighted by Crippen LogP contribution is -2.36. The molecule has 2 N–H and O–H groups in total. The first-order valence-electron chi connectivity index (χ1n) is 7.92. The summed E-state index contributed by atoms with van der Waals surface area (Å²) in [6.45, 7) is -2.01. The predicted octanol–water partition coefficient (Wildman–Crippen LogP) is 2.20. The van der Waals surface area contributed by atoms with E-state index in [0.717, 1.165) is 17.0 Å². The maximum atomic E-state index is 12.3. The molecule has 1 aromatic carbocycles. The van der Waals surface area contributed by atoms with E-state index in [1.165, 1.54) is 6.07 Å². The third-order valence-corrected chi connectivity index (χ3v) is 3.61. The Kier molecular flexibility index (Phi) is 5.57. The lowest BCUT2D eigenvalue weighted by molar-refractivity contribution is -0.0498. The zero-order valence-corrected chi connectivity index (χ0v) is 14.1. The van der Waals surface area contributed by atoms with Gasteiger partial charge in [0.25, 0.3) is 0 Å². The van der Waals surface area contributed by atoms with Gasteiger partial charge < -0.3 is 15.4 Å². The van der Waals surface area contributed by atoms with Gasteiger partial charge in [0, 0.05) is 19.8 Å². The summed E-state index contributed by atoms with van der Waals surface area (Å²) in [6, 6.07) is 12.2. The number of aromatic nitrogens is 3. The van der Waals surface area contributed by atoms with Crippen molar-refractivity contribution in [1.82, 2.24) is 25.2 Å². The van der Waals surface area contributed by atoms with Crippen molar-refractivity contribution in [1.29, 1.82) is 0 Å². The zero-order valence-electron chi connectivity index (χ0n) is 14.1. The van der Waals surface area contributed by atoms with Crippen LogP contribution in [-0.2, 0) is 13.1 Å². The number of hydrogen-bond donors (Lipinski definition) is 2. The van der Waals surface area contributed by atoms with Gasteiger partial charge >= 0.3 is 6.61 Å². The van der Waals surface area contributed by atoms with Crippen molar-refractivity contribution < 1.29 is 13.5 Å². The van der Waals surface area contributed by atoms with Gasteiger partial charge in [-0.05, 0) is 29.8 Å². The van der Waals surface area contributed by atoms with Crippen LogP contribution in [0.4, 0.5) is 8.78 Å². The van der Waals surface area contributed by atoms with E-state index in [-0.39, 0.29) is 5.75 Å². The van der Waals surface area contributed by atoms with Crippen LogP contribution in [0.1, 0.15) is 11.4 Å². The number of pyridine rings is 1. The van der Waals surface area contributed by atoms with E-state index in [1.54, 1.807) is 19.2 Å². The van der Waals surface area contributed by atoms with Gasteiger partial charge in [-0.1, -0.05) is 18.2 Å². The number of hydrogen-bond acceptors (Lipinski definition) is 4. The normalized spacial score (nSPS) is 11.8. The Morgan fingerprint density at radius 2 is 2.00 bits per heavy atom. The Bertz CT molecular complexity index is 896. The fourth-order valence-corrected chi connectivity index (χ4v) is 2.41. The van der Waals surface area contributed by atoms with Crippen molar-refractivity contribution >= 4 is 11.6 Å². The van der Waals surface area contributed by atoms with Crippen LogP contribution >= 0.6 is 0 Å². The largest absolute Gasteiger partial charge is 0.435 e. The highest BCUT2D eigenvalue weighted by Gasteiger charge is 2.07. The molecule has 26 heavy (non-hydrogen) atoms. The highest BCUT2D eigenvalue weighted by molar-refractivity contribution is 5.79. The Morgan fingerprint density at radius 3 is 2.81 bits per heavy atom. The third kappa shape index (κ3) is 4.44. The summed E-state index contributed by atoms with van der Waals surface area (Å²) >= 11 is 0. The molecule has 7 nitrogen and oxygen atoms in total. The number of alkyl halides is 2. The van der Waals surface area contributed by atoms with Crippen LogP contribution < -0.4 is 15.4 Å². The Balaban J connectivity index is 1.57. The maximum Gasteiger partial charge on any atom is 0.387 e. The van der Waals surface area contributed by atoms with E-state index in [1.807, 2.05) is 34.9 Å². The first kappa shape index (κ1) is 17.6. The van der Waals surface area contributed by atoms with Crippen LogP contribution in [0.25, 0.3) is 5.65 Å². The molecule has 136 valence electrons. The molecule has 0 aliphatic heterocycles. The minimum Gasteiger partial charge on any atom is -0.435 e. The monoisotopic (exact) mass is 360 g/mol. The second-order valence-electron chi connectivity index (χ2n) is 5.35. The Hall–Kier alpha value is -3.23. The van der Waals surface area contributed by atoms with Gasteiger partial charge in [0.15, 0.2) is 17.4 Å². The molecule has 0 fully saturated rings. The van der Waals surface area contributed by atoms with E-state index in [0.29, 0.717) is 19.0 Å². The standard InChI is InChI=1S/C17H18F2N6O/c1-20-17(21-10-12-5-4-6-13(9-12)26-16(18)19)22-11-15-24-23-14-7-2-3-8-25(14)15/h2-9,16H,10-11H2,1H3,(H2,20,21,22). The summed E-state index contributed by atoms with van der Waals surface area (Å²) in [7, 11) is 1.65. The van der Waals surface area contributed by atoms with Crippen LogP contribution in [0.15, 0.2) is 53.7 Å². The van der Waals surface area contributed by atoms with E-state index in [9.17, 15) is 8.78 Å². The van der Waals surface area contributed by atoms with Crippen molar-refractivity contribution in [2.75, 3.05) is 7.05 Å². The molecular weight excluding hydrogens is 342 g/mol. The molecule has 0 amide bonds. The summed E-state index contributed by atoms with van der Waals surface area (Å²) in [6.07, 6.45) is 1.89. The van der Waals surface area contributed by atoms with Crippen LogP contribution in [0.3, 0.4) is 0 Å². The molecule has 2 aromatic heterocycles. The number of aliphatic imine (C=N–C) groups is 1. The maximum absolute atomic E-state index is 12.3. The molecule has 0 bridgehead atoms. The smallest absolute Gasteiger partial charge is 0.387 e. The lowest BCUT2D eigenvalue weighted by Gasteiger charge is -2.12. The second-order valence-corrected chi connectivity index (χ2v) is 5.35. The average molecular weight is 360 g/mol. The van der Waals surface area contributed by atoms with Crippen molar-refractivity contribution in [2.24, 2.45) is 4.99 Å². The van der Waals surface area contributed by atoms with E-state index in [4.69, 9.17) is 0 Å². The van der Waals surface area contributed by atoms with Crippen molar-refractivity contribution in [3.63, 3.8) is 0 Å². The summed E-state index contributed by atoms with van der Waals surface area (Å²) in [5.41, 5.74) is 1.56. The molecule has 3 aromatic rings. The topological polar surface area (TPSA) is 75.8 Å². The molecule has 0 spiro atoms. The lowest BCUT2D eigenvalue weighted by atomic mass is 10.2. The van der Waals surface area contributed by atoms with Gasteiger partial charge in [-0.3, -0.25) is 9.39 Å². The number of halogens is 2. The molecule has 0 aliphatic carbocycles. The van der Waals surface area contributed by atoms with Gasteiger partial charge in [0.2, 0.25) is 0 Å². The summed E-state index contributed by atoms with van der Waals surface area (Å²) in [5.74, 6) is 1.42. The summed E-state index contributed by atoms with van der Waals surface area (Å²) in [5, 5.41) is 14.5. The highest BCUT2D eigenvalue weighted by atomic mass is 19.3. The quantitative estimate of drug-likeness (QED) is 0.521. The number of ether oxygens (including phenoxy) is 1. The van der Waals surface area contributed by atoms with Gasteiger partial charge in [-0.15, -0.1) is 10.2 Å². The first-order chi connectivity index (χ1) is 12.7. The number of rotatable bonds is 6. The van der Waals surface area contributed by atoms with Crippen LogP contribution in [-0.4, -0.2) is 34.2 Å². The second kappa shape index (κ2) is 8.24. The molecule has 0 saturated heterocycles. The van der Waals surface area contributed by atoms with Crippen molar-refractivity contribution in [2.45, 2.75) is 19.7 Å².